The lowest BCUT2D eigenvalue weighted by atomic mass is 9.88. The zero-order chi connectivity index (χ0) is 25.6. The van der Waals surface area contributed by atoms with E-state index in [0.717, 1.165) is 16.4 Å². The fourth-order valence-corrected chi connectivity index (χ4v) is 6.59. The maximum Gasteiger partial charge on any atom is 0.416 e. The second kappa shape index (κ2) is 9.04. The average molecular weight is 531 g/mol. The average Bonchev–Trinajstić information content (AvgIpc) is 3.18. The van der Waals surface area contributed by atoms with Crippen LogP contribution in [0.5, 0.6) is 5.75 Å². The highest BCUT2D eigenvalue weighted by Crippen LogP contribution is 2.34. The summed E-state index contributed by atoms with van der Waals surface area (Å²) in [6.45, 7) is 1.22. The largest absolute Gasteiger partial charge is 0.486 e. The predicted octanol–water partition coefficient (Wildman–Crippen LogP) is 3.88. The first-order chi connectivity index (χ1) is 16.3. The summed E-state index contributed by atoms with van der Waals surface area (Å²) < 4.78 is 71.8. The van der Waals surface area contributed by atoms with E-state index in [2.05, 4.69) is 4.98 Å². The maximum atomic E-state index is 13.1. The van der Waals surface area contributed by atoms with Crippen LogP contribution in [0, 0.1) is 0 Å². The fourth-order valence-electron chi connectivity index (χ4n) is 4.02. The number of ether oxygens (including phenoxy) is 1. The number of rotatable bonds is 6. The van der Waals surface area contributed by atoms with Gasteiger partial charge in [-0.1, -0.05) is 0 Å². The molecule has 4 rings (SSSR count). The maximum absolute atomic E-state index is 13.1. The number of fused-ring (bicyclic) bond motifs is 1. The molecule has 1 aliphatic rings. The molecule has 0 aliphatic carbocycles. The summed E-state index contributed by atoms with van der Waals surface area (Å²) in [7, 11) is -4.21. The van der Waals surface area contributed by atoms with Crippen molar-refractivity contribution in [2.24, 2.45) is 0 Å². The molecule has 2 N–H and O–H groups in total. The fraction of sp³-hybridized carbons (Fsp3) is 0.364. The highest BCUT2D eigenvalue weighted by Gasteiger charge is 2.49. The Hall–Kier alpha value is -2.74. The molecule has 0 unspecified atom stereocenters. The first-order valence-corrected chi connectivity index (χ1v) is 12.7. The number of carboxylic acids is 1. The van der Waals surface area contributed by atoms with Gasteiger partial charge in [0.05, 0.1) is 26.3 Å². The smallest absolute Gasteiger partial charge is 0.416 e. The predicted molar refractivity (Wildman–Crippen MR) is 121 cm³/mol. The van der Waals surface area contributed by atoms with Crippen molar-refractivity contribution >= 4 is 37.5 Å². The molecular weight excluding hydrogens is 509 g/mol. The monoisotopic (exact) mass is 530 g/mol. The van der Waals surface area contributed by atoms with Gasteiger partial charge in [-0.05, 0) is 62.2 Å². The standard InChI is InChI=1S/C22H21F3N2O6S2/c1-21(30)9-2-10-27(19(21)20(28)29)35(31,32)15-6-4-14(5-7-15)33-12-18-26-16-11-13(22(23,24)25)3-8-17(16)34-18/h3-8,11,19,30H,2,9-10,12H2,1H3,(H,28,29)/t19-,21-/m0/s1. The van der Waals surface area contributed by atoms with E-state index in [0.29, 0.717) is 21.9 Å². The highest BCUT2D eigenvalue weighted by atomic mass is 32.2. The molecular formula is C22H21F3N2O6S2. The molecule has 2 aromatic carbocycles. The minimum atomic E-state index is -4.47. The molecule has 2 atom stereocenters. The molecule has 0 radical (unpaired) electrons. The molecule has 1 fully saturated rings. The van der Waals surface area contributed by atoms with E-state index in [9.17, 15) is 36.6 Å². The number of hydrogen-bond acceptors (Lipinski definition) is 7. The number of aromatic nitrogens is 1. The minimum Gasteiger partial charge on any atom is -0.486 e. The molecule has 1 aromatic heterocycles. The van der Waals surface area contributed by atoms with Gasteiger partial charge in [-0.15, -0.1) is 11.3 Å². The highest BCUT2D eigenvalue weighted by molar-refractivity contribution is 7.89. The lowest BCUT2D eigenvalue weighted by Crippen LogP contribution is -2.60. The van der Waals surface area contributed by atoms with Crippen LogP contribution in [0.3, 0.4) is 0 Å². The Morgan fingerprint density at radius 1 is 1.26 bits per heavy atom. The van der Waals surface area contributed by atoms with Crippen molar-refractivity contribution in [2.75, 3.05) is 6.54 Å². The number of hydrogen-bond donors (Lipinski definition) is 2. The van der Waals surface area contributed by atoms with Crippen LogP contribution in [-0.2, 0) is 27.6 Å². The van der Waals surface area contributed by atoms with Crippen molar-refractivity contribution in [1.82, 2.24) is 9.29 Å². The van der Waals surface area contributed by atoms with Crippen LogP contribution >= 0.6 is 11.3 Å². The van der Waals surface area contributed by atoms with Gasteiger partial charge in [0.1, 0.15) is 17.4 Å². The van der Waals surface area contributed by atoms with Gasteiger partial charge in [-0.3, -0.25) is 4.79 Å². The summed E-state index contributed by atoms with van der Waals surface area (Å²) >= 11 is 1.18. The quantitative estimate of drug-likeness (QED) is 0.497. The van der Waals surface area contributed by atoms with E-state index in [1.54, 1.807) is 0 Å². The van der Waals surface area contributed by atoms with E-state index in [4.69, 9.17) is 4.74 Å². The third-order valence-corrected chi connectivity index (χ3v) is 8.61. The number of piperidine rings is 1. The first kappa shape index (κ1) is 25.4. The molecule has 2 heterocycles. The van der Waals surface area contributed by atoms with Gasteiger partial charge in [-0.25, -0.2) is 13.4 Å². The van der Waals surface area contributed by atoms with Crippen LogP contribution in [-0.4, -0.2) is 52.1 Å². The molecule has 188 valence electrons. The van der Waals surface area contributed by atoms with Crippen LogP contribution in [0.2, 0.25) is 0 Å². The third-order valence-electron chi connectivity index (χ3n) is 5.72. The minimum absolute atomic E-state index is 0.0388. The summed E-state index contributed by atoms with van der Waals surface area (Å²) in [5, 5.41) is 20.4. The van der Waals surface area contributed by atoms with E-state index in [1.807, 2.05) is 0 Å². The van der Waals surface area contributed by atoms with Gasteiger partial charge in [-0.2, -0.15) is 17.5 Å². The normalized spacial score (nSPS) is 21.8. The number of alkyl halides is 3. The lowest BCUT2D eigenvalue weighted by Gasteiger charge is -2.41. The summed E-state index contributed by atoms with van der Waals surface area (Å²) in [5.74, 6) is -1.14. The molecule has 0 saturated carbocycles. The summed E-state index contributed by atoms with van der Waals surface area (Å²) in [4.78, 5) is 15.7. The van der Waals surface area contributed by atoms with Crippen molar-refractivity contribution in [3.63, 3.8) is 0 Å². The number of benzene rings is 2. The number of halogens is 3. The molecule has 0 bridgehead atoms. The van der Waals surface area contributed by atoms with Gasteiger partial charge >= 0.3 is 12.1 Å². The molecule has 8 nitrogen and oxygen atoms in total. The van der Waals surface area contributed by atoms with Crippen molar-refractivity contribution in [3.05, 3.63) is 53.0 Å². The van der Waals surface area contributed by atoms with E-state index in [-0.39, 0.29) is 30.0 Å². The number of carboxylic acid groups (broad SMARTS) is 1. The first-order valence-electron chi connectivity index (χ1n) is 10.5. The number of aliphatic hydroxyl groups is 1. The third kappa shape index (κ3) is 5.13. The Bertz CT molecular complexity index is 1350. The van der Waals surface area contributed by atoms with E-state index in [1.165, 1.54) is 48.6 Å². The van der Waals surface area contributed by atoms with Crippen LogP contribution in [0.15, 0.2) is 47.4 Å². The van der Waals surface area contributed by atoms with Gasteiger partial charge < -0.3 is 14.9 Å². The van der Waals surface area contributed by atoms with Crippen molar-refractivity contribution in [1.29, 1.82) is 0 Å². The number of nitrogens with zero attached hydrogens (tertiary/aromatic N) is 2. The van der Waals surface area contributed by atoms with Crippen molar-refractivity contribution in [3.8, 4) is 5.75 Å². The number of thiazole rings is 1. The number of carbonyl (C=O) groups is 1. The van der Waals surface area contributed by atoms with Gasteiger partial charge in [0.25, 0.3) is 0 Å². The van der Waals surface area contributed by atoms with E-state index >= 15 is 0 Å². The number of sulfonamides is 1. The van der Waals surface area contributed by atoms with Crippen LogP contribution in [0.4, 0.5) is 13.2 Å². The second-order valence-electron chi connectivity index (χ2n) is 8.37. The zero-order valence-electron chi connectivity index (χ0n) is 18.3. The topological polar surface area (TPSA) is 117 Å². The molecule has 3 aromatic rings. The SMILES string of the molecule is C[C@]1(O)CCCN(S(=O)(=O)c2ccc(OCc3nc4cc(C(F)(F)F)ccc4s3)cc2)[C@H]1C(=O)O. The Morgan fingerprint density at radius 2 is 1.94 bits per heavy atom. The van der Waals surface area contributed by atoms with Crippen molar-refractivity contribution in [2.45, 2.75) is 49.1 Å². The Balaban J connectivity index is 1.48. The summed E-state index contributed by atoms with van der Waals surface area (Å²) in [6.07, 6.45) is -4.00. The molecule has 1 saturated heterocycles. The summed E-state index contributed by atoms with van der Waals surface area (Å²) in [6, 6.07) is 7.00. The zero-order valence-corrected chi connectivity index (χ0v) is 20.0. The molecule has 1 aliphatic heterocycles. The second-order valence-corrected chi connectivity index (χ2v) is 11.4. The van der Waals surface area contributed by atoms with Crippen LogP contribution in [0.1, 0.15) is 30.3 Å². The van der Waals surface area contributed by atoms with Crippen LogP contribution in [0.25, 0.3) is 10.2 Å². The Labute approximate surface area is 202 Å². The lowest BCUT2D eigenvalue weighted by molar-refractivity contribution is -0.153. The molecule has 0 spiro atoms. The Kier molecular flexibility index (Phi) is 6.55. The van der Waals surface area contributed by atoms with Gasteiger partial charge in [0.15, 0.2) is 6.04 Å². The van der Waals surface area contributed by atoms with Gasteiger partial charge in [0.2, 0.25) is 10.0 Å². The summed E-state index contributed by atoms with van der Waals surface area (Å²) in [5.41, 5.74) is -2.30. The molecule has 13 heteroatoms. The Morgan fingerprint density at radius 3 is 2.57 bits per heavy atom. The molecule has 35 heavy (non-hydrogen) atoms. The molecule has 0 amide bonds. The van der Waals surface area contributed by atoms with Crippen molar-refractivity contribution < 1.29 is 41.3 Å². The number of aliphatic carboxylic acids is 1. The van der Waals surface area contributed by atoms with Gasteiger partial charge in [0, 0.05) is 6.54 Å². The van der Waals surface area contributed by atoms with E-state index < -0.39 is 39.4 Å². The van der Waals surface area contributed by atoms with Crippen LogP contribution < -0.4 is 4.74 Å².